The Morgan fingerprint density at radius 1 is 1.00 bits per heavy atom. The number of carbonyl (C=O) groups excluding carboxylic acids is 1. The molecule has 3 rings (SSSR count). The Kier molecular flexibility index (Phi) is 4.12. The molecular formula is C21H25NO2. The number of hydrogen-bond acceptors (Lipinski definition) is 2. The zero-order chi connectivity index (χ0) is 17.5. The largest absolute Gasteiger partial charge is 0.463 e. The van der Waals surface area contributed by atoms with Gasteiger partial charge in [-0.05, 0) is 36.0 Å². The quantitative estimate of drug-likeness (QED) is 0.870. The number of rotatable bonds is 3. The Bertz CT molecular complexity index is 765. The first kappa shape index (κ1) is 16.6. The van der Waals surface area contributed by atoms with Gasteiger partial charge in [0.25, 0.3) is 5.91 Å². The smallest absolute Gasteiger partial charge is 0.258 e. The summed E-state index contributed by atoms with van der Waals surface area (Å²) in [5.41, 5.74) is 2.98. The van der Waals surface area contributed by atoms with Gasteiger partial charge < -0.3 is 10.1 Å². The molecule has 1 atom stereocenters. The number of benzene rings is 2. The second-order valence-corrected chi connectivity index (χ2v) is 7.25. The van der Waals surface area contributed by atoms with Crippen molar-refractivity contribution in [3.8, 4) is 5.75 Å². The van der Waals surface area contributed by atoms with Gasteiger partial charge in [-0.1, -0.05) is 64.1 Å². The fraction of sp³-hybridized carbons (Fsp3) is 0.381. The van der Waals surface area contributed by atoms with Gasteiger partial charge in [-0.15, -0.1) is 0 Å². The molecule has 0 saturated carbocycles. The highest BCUT2D eigenvalue weighted by molar-refractivity contribution is 5.99. The summed E-state index contributed by atoms with van der Waals surface area (Å²) in [6.07, 6.45) is 0. The third kappa shape index (κ3) is 2.79. The van der Waals surface area contributed by atoms with Gasteiger partial charge in [-0.3, -0.25) is 4.79 Å². The maximum atomic E-state index is 12.8. The summed E-state index contributed by atoms with van der Waals surface area (Å²) in [4.78, 5) is 12.8. The van der Waals surface area contributed by atoms with Gasteiger partial charge in [0, 0.05) is 5.56 Å². The monoisotopic (exact) mass is 323 g/mol. The molecule has 24 heavy (non-hydrogen) atoms. The lowest BCUT2D eigenvalue weighted by Crippen LogP contribution is -2.51. The summed E-state index contributed by atoms with van der Waals surface area (Å²) in [6, 6.07) is 14.0. The normalized spacial score (nSPS) is 19.9. The number of nitrogens with one attached hydrogen (secondary N) is 1. The first-order valence-electron chi connectivity index (χ1n) is 8.56. The Morgan fingerprint density at radius 3 is 2.25 bits per heavy atom. The van der Waals surface area contributed by atoms with E-state index >= 15 is 0 Å². The van der Waals surface area contributed by atoms with Gasteiger partial charge in [0.1, 0.15) is 5.75 Å². The third-order valence-electron chi connectivity index (χ3n) is 4.66. The van der Waals surface area contributed by atoms with Crippen molar-refractivity contribution in [1.82, 2.24) is 5.32 Å². The highest BCUT2D eigenvalue weighted by atomic mass is 16.5. The maximum absolute atomic E-state index is 12.8. The van der Waals surface area contributed by atoms with E-state index in [-0.39, 0.29) is 11.8 Å². The lowest BCUT2D eigenvalue weighted by molar-refractivity contribution is 0.0279. The summed E-state index contributed by atoms with van der Waals surface area (Å²) in [7, 11) is 0. The molecule has 0 fully saturated rings. The van der Waals surface area contributed by atoms with Crippen molar-refractivity contribution >= 4 is 5.91 Å². The number of carbonyl (C=O) groups is 1. The van der Waals surface area contributed by atoms with Crippen LogP contribution in [0.15, 0.2) is 42.5 Å². The predicted octanol–water partition coefficient (Wildman–Crippen LogP) is 4.93. The van der Waals surface area contributed by atoms with Gasteiger partial charge in [0.15, 0.2) is 0 Å². The van der Waals surface area contributed by atoms with Crippen molar-refractivity contribution in [2.45, 2.75) is 52.2 Å². The maximum Gasteiger partial charge on any atom is 0.258 e. The van der Waals surface area contributed by atoms with Crippen LogP contribution in [-0.4, -0.2) is 5.91 Å². The second-order valence-electron chi connectivity index (χ2n) is 7.25. The Morgan fingerprint density at radius 2 is 1.67 bits per heavy atom. The lowest BCUT2D eigenvalue weighted by Gasteiger charge is -2.38. The van der Waals surface area contributed by atoms with Crippen LogP contribution in [-0.2, 0) is 5.72 Å². The first-order valence-corrected chi connectivity index (χ1v) is 8.56. The Balaban J connectivity index is 2.15. The van der Waals surface area contributed by atoms with Crippen LogP contribution < -0.4 is 10.1 Å². The molecule has 3 nitrogen and oxygen atoms in total. The van der Waals surface area contributed by atoms with E-state index in [4.69, 9.17) is 4.74 Å². The Hall–Kier alpha value is -2.29. The number of amides is 1. The number of ether oxygens (including phenoxy) is 1. The number of fused-ring (bicyclic) bond motifs is 1. The molecule has 1 aliphatic heterocycles. The molecule has 1 heterocycles. The Labute approximate surface area is 144 Å². The second kappa shape index (κ2) is 5.97. The molecule has 126 valence electrons. The van der Waals surface area contributed by atoms with Crippen LogP contribution in [0.3, 0.4) is 0 Å². The van der Waals surface area contributed by atoms with Crippen LogP contribution >= 0.6 is 0 Å². The van der Waals surface area contributed by atoms with Crippen LogP contribution in [0.25, 0.3) is 0 Å². The molecule has 1 amide bonds. The minimum atomic E-state index is -0.853. The molecule has 0 saturated heterocycles. The van der Waals surface area contributed by atoms with Gasteiger partial charge in [0.2, 0.25) is 5.72 Å². The molecule has 0 aromatic heterocycles. The van der Waals surface area contributed by atoms with Crippen molar-refractivity contribution in [1.29, 1.82) is 0 Å². The summed E-state index contributed by atoms with van der Waals surface area (Å²) in [5.74, 6) is 1.28. The minimum Gasteiger partial charge on any atom is -0.463 e. The zero-order valence-electron chi connectivity index (χ0n) is 15.0. The molecule has 1 N–H and O–H groups in total. The highest BCUT2D eigenvalue weighted by Gasteiger charge is 2.39. The van der Waals surface area contributed by atoms with E-state index in [2.05, 4.69) is 39.1 Å². The average molecular weight is 323 g/mol. The van der Waals surface area contributed by atoms with E-state index in [9.17, 15) is 4.79 Å². The lowest BCUT2D eigenvalue weighted by atomic mass is 9.90. The van der Waals surface area contributed by atoms with Gasteiger partial charge in [-0.2, -0.15) is 0 Å². The highest BCUT2D eigenvalue weighted by Crippen LogP contribution is 2.40. The van der Waals surface area contributed by atoms with Crippen LogP contribution in [0.4, 0.5) is 0 Å². The summed E-state index contributed by atoms with van der Waals surface area (Å²) in [5, 5.41) is 3.04. The molecular weight excluding hydrogens is 298 g/mol. The summed E-state index contributed by atoms with van der Waals surface area (Å²) >= 11 is 0. The molecule has 3 heteroatoms. The predicted molar refractivity (Wildman–Crippen MR) is 96.5 cm³/mol. The van der Waals surface area contributed by atoms with Gasteiger partial charge >= 0.3 is 0 Å². The molecule has 0 bridgehead atoms. The molecule has 1 unspecified atom stereocenters. The van der Waals surface area contributed by atoms with E-state index < -0.39 is 5.72 Å². The van der Waals surface area contributed by atoms with Gasteiger partial charge in [0.05, 0.1) is 5.56 Å². The SMILES string of the molecule is CC(C)c1cc2c(c(C(C)C)c1)OC(C)(c1ccccc1)NC2=O. The first-order chi connectivity index (χ1) is 11.3. The summed E-state index contributed by atoms with van der Waals surface area (Å²) in [6.45, 7) is 10.5. The topological polar surface area (TPSA) is 38.3 Å². The van der Waals surface area contributed by atoms with Crippen LogP contribution in [0, 0.1) is 0 Å². The van der Waals surface area contributed by atoms with Crippen molar-refractivity contribution in [2.24, 2.45) is 0 Å². The number of hydrogen-bond donors (Lipinski definition) is 1. The van der Waals surface area contributed by atoms with Crippen LogP contribution in [0.5, 0.6) is 5.75 Å². The van der Waals surface area contributed by atoms with E-state index in [1.807, 2.05) is 43.3 Å². The fourth-order valence-corrected chi connectivity index (χ4v) is 3.12. The van der Waals surface area contributed by atoms with Crippen molar-refractivity contribution in [3.05, 3.63) is 64.7 Å². The molecule has 2 aromatic carbocycles. The van der Waals surface area contributed by atoms with Gasteiger partial charge in [-0.25, -0.2) is 0 Å². The fourth-order valence-electron chi connectivity index (χ4n) is 3.12. The summed E-state index contributed by atoms with van der Waals surface area (Å²) < 4.78 is 6.37. The molecule has 0 spiro atoms. The van der Waals surface area contributed by atoms with E-state index in [0.29, 0.717) is 17.2 Å². The molecule has 0 aliphatic carbocycles. The van der Waals surface area contributed by atoms with Crippen LogP contribution in [0.1, 0.15) is 73.5 Å². The van der Waals surface area contributed by atoms with E-state index in [1.165, 1.54) is 5.56 Å². The standard InChI is InChI=1S/C21H25NO2/c1-13(2)15-11-17(14(3)4)19-18(12-15)20(23)22-21(5,24-19)16-9-7-6-8-10-16/h6-14H,1-5H3,(H,22,23). The minimum absolute atomic E-state index is 0.0768. The molecule has 0 radical (unpaired) electrons. The molecule has 2 aromatic rings. The van der Waals surface area contributed by atoms with Crippen molar-refractivity contribution in [2.75, 3.05) is 0 Å². The van der Waals surface area contributed by atoms with E-state index in [0.717, 1.165) is 11.1 Å². The van der Waals surface area contributed by atoms with E-state index in [1.54, 1.807) is 0 Å². The third-order valence-corrected chi connectivity index (χ3v) is 4.66. The zero-order valence-corrected chi connectivity index (χ0v) is 15.0. The van der Waals surface area contributed by atoms with Crippen molar-refractivity contribution in [3.63, 3.8) is 0 Å². The average Bonchev–Trinajstić information content (AvgIpc) is 2.54. The van der Waals surface area contributed by atoms with Crippen LogP contribution in [0.2, 0.25) is 0 Å². The van der Waals surface area contributed by atoms with Crippen molar-refractivity contribution < 1.29 is 9.53 Å². The molecule has 1 aliphatic rings.